The van der Waals surface area contributed by atoms with Crippen LogP contribution in [0, 0.1) is 17.0 Å². The first kappa shape index (κ1) is 19.7. The van der Waals surface area contributed by atoms with Gasteiger partial charge in [0.15, 0.2) is 0 Å². The summed E-state index contributed by atoms with van der Waals surface area (Å²) >= 11 is 0. The molecule has 0 spiro atoms. The van der Waals surface area contributed by atoms with Crippen LogP contribution in [-0.4, -0.2) is 29.0 Å². The Morgan fingerprint density at radius 1 is 1.10 bits per heavy atom. The first-order valence-corrected chi connectivity index (χ1v) is 8.45. The van der Waals surface area contributed by atoms with E-state index in [2.05, 4.69) is 9.72 Å². The summed E-state index contributed by atoms with van der Waals surface area (Å²) in [5.41, 5.74) is 0.482. The van der Waals surface area contributed by atoms with Gasteiger partial charge < -0.3 is 13.9 Å². The predicted octanol–water partition coefficient (Wildman–Crippen LogP) is 3.70. The summed E-state index contributed by atoms with van der Waals surface area (Å²) in [6.45, 7) is 1.49. The van der Waals surface area contributed by atoms with E-state index in [1.165, 1.54) is 6.07 Å². The Hall–Kier alpha value is -4.01. The molecule has 9 nitrogen and oxygen atoms in total. The number of methoxy groups -OCH3 is 1. The number of nitrogens with zero attached hydrogens (tertiary/aromatic N) is 2. The highest BCUT2D eigenvalue weighted by Gasteiger charge is 2.20. The molecule has 0 N–H and O–H groups in total. The predicted molar refractivity (Wildman–Crippen MR) is 100 cm³/mol. The average molecular weight is 396 g/mol. The Morgan fingerprint density at radius 3 is 2.38 bits per heavy atom. The van der Waals surface area contributed by atoms with E-state index >= 15 is 0 Å². The van der Waals surface area contributed by atoms with Crippen LogP contribution < -0.4 is 0 Å². The van der Waals surface area contributed by atoms with Crippen molar-refractivity contribution in [1.82, 2.24) is 4.98 Å². The minimum atomic E-state index is -0.845. The number of rotatable bonds is 6. The van der Waals surface area contributed by atoms with Crippen molar-refractivity contribution in [2.75, 3.05) is 7.11 Å². The number of aryl methyl sites for hydroxylation is 1. The summed E-state index contributed by atoms with van der Waals surface area (Å²) in [6, 6.07) is 12.4. The second kappa shape index (κ2) is 8.34. The van der Waals surface area contributed by atoms with Gasteiger partial charge in [-0.3, -0.25) is 10.1 Å². The molecule has 0 radical (unpaired) electrons. The fraction of sp³-hybridized carbons (Fsp3) is 0.150. The molecule has 3 rings (SSSR count). The van der Waals surface area contributed by atoms with Crippen molar-refractivity contribution in [3.8, 4) is 11.5 Å². The monoisotopic (exact) mass is 396 g/mol. The summed E-state index contributed by atoms with van der Waals surface area (Å²) in [5.74, 6) is -0.784. The van der Waals surface area contributed by atoms with E-state index < -0.39 is 22.5 Å². The number of carbonyl (C=O) groups is 2. The fourth-order valence-electron chi connectivity index (χ4n) is 2.55. The number of ether oxygens (including phenoxy) is 2. The lowest BCUT2D eigenvalue weighted by Crippen LogP contribution is -2.10. The number of aromatic nitrogens is 1. The zero-order valence-electron chi connectivity index (χ0n) is 15.6. The van der Waals surface area contributed by atoms with E-state index in [-0.39, 0.29) is 17.7 Å². The summed E-state index contributed by atoms with van der Waals surface area (Å²) in [7, 11) is 1.14. The van der Waals surface area contributed by atoms with Gasteiger partial charge in [0, 0.05) is 17.7 Å². The Morgan fingerprint density at radius 2 is 1.76 bits per heavy atom. The number of oxazole rings is 1. The Kier molecular flexibility index (Phi) is 5.68. The second-order valence-corrected chi connectivity index (χ2v) is 5.98. The van der Waals surface area contributed by atoms with Gasteiger partial charge in [-0.15, -0.1) is 0 Å². The molecule has 0 saturated carbocycles. The minimum Gasteiger partial charge on any atom is -0.465 e. The molecule has 0 unspecified atom stereocenters. The highest BCUT2D eigenvalue weighted by atomic mass is 16.6. The van der Waals surface area contributed by atoms with Crippen LogP contribution in [0.1, 0.15) is 32.2 Å². The van der Waals surface area contributed by atoms with Crippen LogP contribution in [-0.2, 0) is 16.1 Å². The molecule has 0 aliphatic rings. The number of nitro groups is 1. The van der Waals surface area contributed by atoms with Gasteiger partial charge in [-0.25, -0.2) is 14.6 Å². The van der Waals surface area contributed by atoms with Crippen LogP contribution in [0.3, 0.4) is 0 Å². The molecule has 0 fully saturated rings. The lowest BCUT2D eigenvalue weighted by Gasteiger charge is -2.05. The quantitative estimate of drug-likeness (QED) is 0.351. The number of hydrogen-bond acceptors (Lipinski definition) is 8. The molecule has 0 saturated heterocycles. The van der Waals surface area contributed by atoms with Crippen molar-refractivity contribution in [3.63, 3.8) is 0 Å². The highest BCUT2D eigenvalue weighted by Crippen LogP contribution is 2.23. The first-order valence-electron chi connectivity index (χ1n) is 8.45. The van der Waals surface area contributed by atoms with E-state index in [4.69, 9.17) is 9.15 Å². The van der Waals surface area contributed by atoms with Gasteiger partial charge in [0.25, 0.3) is 5.69 Å². The molecule has 29 heavy (non-hydrogen) atoms. The number of nitro benzene ring substituents is 1. The lowest BCUT2D eigenvalue weighted by molar-refractivity contribution is -0.384. The van der Waals surface area contributed by atoms with E-state index in [1.54, 1.807) is 6.92 Å². The van der Waals surface area contributed by atoms with E-state index in [0.717, 1.165) is 24.8 Å². The zero-order chi connectivity index (χ0) is 21.0. The Bertz CT molecular complexity index is 1070. The highest BCUT2D eigenvalue weighted by molar-refractivity contribution is 5.96. The first-order chi connectivity index (χ1) is 13.9. The third-order valence-electron chi connectivity index (χ3n) is 4.04. The Balaban J connectivity index is 1.79. The molecule has 0 amide bonds. The topological polar surface area (TPSA) is 122 Å². The molecule has 0 bridgehead atoms. The second-order valence-electron chi connectivity index (χ2n) is 5.98. The van der Waals surface area contributed by atoms with Crippen LogP contribution in [0.4, 0.5) is 5.69 Å². The van der Waals surface area contributed by atoms with Crippen molar-refractivity contribution in [3.05, 3.63) is 81.2 Å². The maximum atomic E-state index is 12.4. The third-order valence-corrected chi connectivity index (χ3v) is 4.04. The van der Waals surface area contributed by atoms with E-state index in [0.29, 0.717) is 17.3 Å². The van der Waals surface area contributed by atoms with Crippen LogP contribution in [0.25, 0.3) is 11.5 Å². The summed E-state index contributed by atoms with van der Waals surface area (Å²) in [6.07, 6.45) is 0. The number of esters is 2. The fourth-order valence-corrected chi connectivity index (χ4v) is 2.55. The van der Waals surface area contributed by atoms with Gasteiger partial charge in [-0.1, -0.05) is 18.2 Å². The smallest absolute Gasteiger partial charge is 0.338 e. The summed E-state index contributed by atoms with van der Waals surface area (Å²) < 4.78 is 15.4. The van der Waals surface area contributed by atoms with Crippen molar-refractivity contribution in [2.24, 2.45) is 0 Å². The largest absolute Gasteiger partial charge is 0.465 e. The molecular weight excluding hydrogens is 380 g/mol. The van der Waals surface area contributed by atoms with Crippen LogP contribution in [0.2, 0.25) is 0 Å². The van der Waals surface area contributed by atoms with Crippen molar-refractivity contribution in [2.45, 2.75) is 13.5 Å². The number of non-ortho nitro benzene ring substituents is 1. The SMILES string of the molecule is COC(=O)c1cc(C(=O)OCc2nc(-c3ccccc3)oc2C)cc([N+](=O)[O-])c1. The lowest BCUT2D eigenvalue weighted by atomic mass is 10.1. The van der Waals surface area contributed by atoms with Crippen LogP contribution in [0.5, 0.6) is 0 Å². The molecule has 0 atom stereocenters. The summed E-state index contributed by atoms with van der Waals surface area (Å²) in [4.78, 5) is 38.8. The zero-order valence-corrected chi connectivity index (χ0v) is 15.6. The number of carbonyl (C=O) groups excluding carboxylic acids is 2. The van der Waals surface area contributed by atoms with Gasteiger partial charge >= 0.3 is 11.9 Å². The minimum absolute atomic E-state index is 0.127. The standard InChI is InChI=1S/C20H16N2O7/c1-12-17(21-18(29-12)13-6-4-3-5-7-13)11-28-20(24)15-8-14(19(23)27-2)9-16(10-15)22(25)26/h3-10H,11H2,1-2H3. The van der Waals surface area contributed by atoms with E-state index in [1.807, 2.05) is 30.3 Å². The molecule has 3 aromatic rings. The molecule has 1 heterocycles. The number of benzene rings is 2. The van der Waals surface area contributed by atoms with Gasteiger partial charge in [0.05, 0.1) is 23.2 Å². The normalized spacial score (nSPS) is 10.4. The van der Waals surface area contributed by atoms with Gasteiger partial charge in [-0.2, -0.15) is 0 Å². The Labute approximate surface area is 165 Å². The van der Waals surface area contributed by atoms with Crippen LogP contribution >= 0.6 is 0 Å². The third kappa shape index (κ3) is 4.46. The van der Waals surface area contributed by atoms with Crippen LogP contribution in [0.15, 0.2) is 52.9 Å². The molecule has 0 aliphatic heterocycles. The molecule has 148 valence electrons. The van der Waals surface area contributed by atoms with E-state index in [9.17, 15) is 19.7 Å². The molecular formula is C20H16N2O7. The van der Waals surface area contributed by atoms with Crippen molar-refractivity contribution in [1.29, 1.82) is 0 Å². The molecule has 1 aromatic heterocycles. The van der Waals surface area contributed by atoms with Gasteiger partial charge in [-0.05, 0) is 25.1 Å². The maximum absolute atomic E-state index is 12.4. The van der Waals surface area contributed by atoms with Crippen molar-refractivity contribution < 1.29 is 28.4 Å². The van der Waals surface area contributed by atoms with Crippen molar-refractivity contribution >= 4 is 17.6 Å². The maximum Gasteiger partial charge on any atom is 0.338 e. The molecule has 9 heteroatoms. The summed E-state index contributed by atoms with van der Waals surface area (Å²) in [5, 5.41) is 11.1. The molecule has 0 aliphatic carbocycles. The van der Waals surface area contributed by atoms with Gasteiger partial charge in [0.2, 0.25) is 5.89 Å². The van der Waals surface area contributed by atoms with Gasteiger partial charge in [0.1, 0.15) is 18.1 Å². The average Bonchev–Trinajstić information content (AvgIpc) is 3.12. The molecule has 2 aromatic carbocycles. The number of hydrogen-bond donors (Lipinski definition) is 0.